The molecule has 0 spiro atoms. The summed E-state index contributed by atoms with van der Waals surface area (Å²) in [5, 5.41) is 10.3. The molecule has 6 heteroatoms. The number of carboxylic acids is 1. The van der Waals surface area contributed by atoms with Crippen molar-refractivity contribution < 1.29 is 14.7 Å². The van der Waals surface area contributed by atoms with E-state index >= 15 is 0 Å². The van der Waals surface area contributed by atoms with Crippen LogP contribution in [-0.4, -0.2) is 26.8 Å². The first-order valence-electron chi connectivity index (χ1n) is 4.03. The van der Waals surface area contributed by atoms with Crippen molar-refractivity contribution in [1.29, 1.82) is 0 Å². The fraction of sp³-hybridized carbons (Fsp3) is 0. The van der Waals surface area contributed by atoms with Crippen LogP contribution in [0.15, 0.2) is 23.2 Å². The number of aromatic amines is 1. The molecule has 0 aliphatic carbocycles. The van der Waals surface area contributed by atoms with E-state index in [9.17, 15) is 9.59 Å². The van der Waals surface area contributed by atoms with E-state index < -0.39 is 5.97 Å². The number of carboxylic acid groups (broad SMARTS) is 1. The molecule has 5 nitrogen and oxygen atoms in total. The Kier molecular flexibility index (Phi) is 2.34. The van der Waals surface area contributed by atoms with Crippen LogP contribution in [0.4, 0.5) is 0 Å². The third kappa shape index (κ3) is 1.79. The van der Waals surface area contributed by atoms with Gasteiger partial charge in [-0.25, -0.2) is 9.78 Å². The fourth-order valence-corrected chi connectivity index (χ4v) is 1.65. The monoisotopic (exact) mass is 222 g/mol. The Labute approximate surface area is 88.4 Å². The number of hydrogen-bond donors (Lipinski definition) is 2. The van der Waals surface area contributed by atoms with Crippen molar-refractivity contribution in [1.82, 2.24) is 9.97 Å². The number of nitrogens with zero attached hydrogens (tertiary/aromatic N) is 1. The predicted octanol–water partition coefficient (Wildman–Crippen LogP) is 1.40. The van der Waals surface area contributed by atoms with Crippen molar-refractivity contribution in [2.45, 2.75) is 0 Å². The molecule has 0 fully saturated rings. The Balaban J connectivity index is 2.31. The molecule has 0 unspecified atom stereocenters. The molecule has 2 aromatic heterocycles. The Morgan fingerprint density at radius 2 is 2.27 bits per heavy atom. The molecule has 0 atom stereocenters. The Morgan fingerprint density at radius 3 is 2.80 bits per heavy atom. The van der Waals surface area contributed by atoms with Gasteiger partial charge >= 0.3 is 5.97 Å². The number of hydrogen-bond acceptors (Lipinski definition) is 4. The quantitative estimate of drug-likeness (QED) is 0.769. The van der Waals surface area contributed by atoms with Gasteiger partial charge in [0.2, 0.25) is 5.78 Å². The zero-order valence-corrected chi connectivity index (χ0v) is 8.25. The number of nitrogens with one attached hydrogen (secondary N) is 1. The summed E-state index contributed by atoms with van der Waals surface area (Å²) in [6.07, 6.45) is 1.37. The largest absolute Gasteiger partial charge is 0.477 e. The summed E-state index contributed by atoms with van der Waals surface area (Å²) in [6, 6.07) is 1.30. The Hall–Kier alpha value is -1.95. The van der Waals surface area contributed by atoms with E-state index in [0.717, 1.165) is 0 Å². The normalized spacial score (nSPS) is 10.1. The highest BCUT2D eigenvalue weighted by molar-refractivity contribution is 7.07. The second-order valence-electron chi connectivity index (χ2n) is 2.81. The van der Waals surface area contributed by atoms with Gasteiger partial charge in [-0.05, 0) is 6.07 Å². The van der Waals surface area contributed by atoms with Crippen LogP contribution >= 0.6 is 11.3 Å². The van der Waals surface area contributed by atoms with Gasteiger partial charge in [0.25, 0.3) is 0 Å². The smallest absolute Gasteiger partial charge is 0.352 e. The van der Waals surface area contributed by atoms with Gasteiger partial charge in [0.1, 0.15) is 11.4 Å². The highest BCUT2D eigenvalue weighted by Gasteiger charge is 2.14. The van der Waals surface area contributed by atoms with E-state index in [0.29, 0.717) is 11.3 Å². The van der Waals surface area contributed by atoms with Gasteiger partial charge in [-0.15, -0.1) is 11.3 Å². The van der Waals surface area contributed by atoms with Gasteiger partial charge in [-0.3, -0.25) is 4.79 Å². The van der Waals surface area contributed by atoms with Crippen LogP contribution in [0.25, 0.3) is 0 Å². The van der Waals surface area contributed by atoms with Crippen LogP contribution in [0.2, 0.25) is 0 Å². The molecule has 0 saturated heterocycles. The van der Waals surface area contributed by atoms with Crippen molar-refractivity contribution >= 4 is 23.1 Å². The van der Waals surface area contributed by atoms with Gasteiger partial charge in [-0.1, -0.05) is 0 Å². The third-order valence-corrected chi connectivity index (χ3v) is 2.43. The van der Waals surface area contributed by atoms with Crippen molar-refractivity contribution in [2.24, 2.45) is 0 Å². The summed E-state index contributed by atoms with van der Waals surface area (Å²) >= 11 is 1.32. The van der Waals surface area contributed by atoms with Gasteiger partial charge in [0.15, 0.2) is 0 Å². The molecule has 2 aromatic rings. The fourth-order valence-electron chi connectivity index (χ4n) is 1.12. The van der Waals surface area contributed by atoms with Crippen LogP contribution in [0.5, 0.6) is 0 Å². The molecule has 76 valence electrons. The van der Waals surface area contributed by atoms with E-state index in [-0.39, 0.29) is 11.5 Å². The SMILES string of the molecule is O=C(c1c[nH]c(C(=O)O)c1)c1cscn1. The molecule has 2 rings (SSSR count). The first kappa shape index (κ1) is 9.60. The lowest BCUT2D eigenvalue weighted by molar-refractivity contribution is 0.0691. The van der Waals surface area contributed by atoms with Crippen molar-refractivity contribution in [2.75, 3.05) is 0 Å². The zero-order chi connectivity index (χ0) is 10.8. The van der Waals surface area contributed by atoms with Gasteiger partial charge in [0.05, 0.1) is 5.51 Å². The summed E-state index contributed by atoms with van der Waals surface area (Å²) in [5.41, 5.74) is 2.18. The minimum Gasteiger partial charge on any atom is -0.477 e. The summed E-state index contributed by atoms with van der Waals surface area (Å²) in [5.74, 6) is -1.37. The number of H-pyrrole nitrogens is 1. The van der Waals surface area contributed by atoms with E-state index in [4.69, 9.17) is 5.11 Å². The molecule has 2 N–H and O–H groups in total. The number of carbonyl (C=O) groups excluding carboxylic acids is 1. The lowest BCUT2D eigenvalue weighted by Crippen LogP contribution is -2.00. The van der Waals surface area contributed by atoms with E-state index in [1.807, 2.05) is 0 Å². The molecule has 0 aromatic carbocycles. The summed E-state index contributed by atoms with van der Waals surface area (Å²) in [7, 11) is 0. The standard InChI is InChI=1S/C9H6N2O3S/c12-8(7-3-15-4-11-7)5-1-6(9(13)14)10-2-5/h1-4,10H,(H,13,14). The van der Waals surface area contributed by atoms with Gasteiger partial charge in [-0.2, -0.15) is 0 Å². The number of aromatic carboxylic acids is 1. The lowest BCUT2D eigenvalue weighted by Gasteiger charge is -1.89. The Morgan fingerprint density at radius 1 is 1.47 bits per heavy atom. The number of ketones is 1. The van der Waals surface area contributed by atoms with Crippen LogP contribution in [0.3, 0.4) is 0 Å². The molecular formula is C9H6N2O3S. The molecule has 0 saturated carbocycles. The highest BCUT2D eigenvalue weighted by atomic mass is 32.1. The number of rotatable bonds is 3. The average Bonchev–Trinajstić information content (AvgIpc) is 2.88. The first-order chi connectivity index (χ1) is 7.18. The maximum absolute atomic E-state index is 11.7. The van der Waals surface area contributed by atoms with E-state index in [1.165, 1.54) is 23.6 Å². The van der Waals surface area contributed by atoms with Crippen LogP contribution in [0.1, 0.15) is 26.5 Å². The third-order valence-electron chi connectivity index (χ3n) is 1.84. The second-order valence-corrected chi connectivity index (χ2v) is 3.53. The van der Waals surface area contributed by atoms with Crippen molar-refractivity contribution in [3.8, 4) is 0 Å². The number of carbonyl (C=O) groups is 2. The number of thiazole rings is 1. The zero-order valence-electron chi connectivity index (χ0n) is 7.43. The molecule has 0 amide bonds. The topological polar surface area (TPSA) is 83.0 Å². The molecule has 0 bridgehead atoms. The van der Waals surface area contributed by atoms with Crippen LogP contribution in [-0.2, 0) is 0 Å². The van der Waals surface area contributed by atoms with Crippen LogP contribution < -0.4 is 0 Å². The molecule has 2 heterocycles. The minimum atomic E-state index is -1.09. The summed E-state index contributed by atoms with van der Waals surface area (Å²) in [4.78, 5) is 28.6. The van der Waals surface area contributed by atoms with Gasteiger partial charge < -0.3 is 10.1 Å². The predicted molar refractivity (Wildman–Crippen MR) is 53.3 cm³/mol. The summed E-state index contributed by atoms with van der Waals surface area (Å²) in [6.45, 7) is 0. The lowest BCUT2D eigenvalue weighted by atomic mass is 10.2. The first-order valence-corrected chi connectivity index (χ1v) is 4.97. The molecular weight excluding hydrogens is 216 g/mol. The maximum Gasteiger partial charge on any atom is 0.352 e. The van der Waals surface area contributed by atoms with E-state index in [1.54, 1.807) is 10.9 Å². The maximum atomic E-state index is 11.7. The molecule has 0 radical (unpaired) electrons. The van der Waals surface area contributed by atoms with Crippen molar-refractivity contribution in [3.63, 3.8) is 0 Å². The van der Waals surface area contributed by atoms with Crippen LogP contribution in [0, 0.1) is 0 Å². The minimum absolute atomic E-state index is 0.00594. The molecule has 0 aliphatic rings. The van der Waals surface area contributed by atoms with Gasteiger partial charge in [0, 0.05) is 17.1 Å². The second kappa shape index (κ2) is 3.66. The summed E-state index contributed by atoms with van der Waals surface area (Å²) < 4.78 is 0. The van der Waals surface area contributed by atoms with Crippen molar-refractivity contribution in [3.05, 3.63) is 40.1 Å². The Bertz CT molecular complexity index is 501. The van der Waals surface area contributed by atoms with E-state index in [2.05, 4.69) is 9.97 Å². The molecule has 15 heavy (non-hydrogen) atoms. The average molecular weight is 222 g/mol. The molecule has 0 aliphatic heterocycles. The highest BCUT2D eigenvalue weighted by Crippen LogP contribution is 2.11. The number of aromatic nitrogens is 2.